The SMILES string of the molecule is COc1cc(Br)c(C2(CN)CCCC2)c(OC)c1OC. The van der Waals surface area contributed by atoms with Gasteiger partial charge in [0.15, 0.2) is 11.5 Å². The van der Waals surface area contributed by atoms with E-state index < -0.39 is 0 Å². The Kier molecular flexibility index (Phi) is 4.81. The Labute approximate surface area is 128 Å². The highest BCUT2D eigenvalue weighted by molar-refractivity contribution is 9.10. The first-order valence-corrected chi connectivity index (χ1v) is 7.62. The zero-order chi connectivity index (χ0) is 14.8. The molecule has 0 spiro atoms. The summed E-state index contributed by atoms with van der Waals surface area (Å²) in [7, 11) is 4.91. The minimum atomic E-state index is -0.0380. The molecule has 0 aromatic heterocycles. The summed E-state index contributed by atoms with van der Waals surface area (Å²) in [6.45, 7) is 0.609. The van der Waals surface area contributed by atoms with Crippen LogP contribution in [0.25, 0.3) is 0 Å². The lowest BCUT2D eigenvalue weighted by Gasteiger charge is -2.31. The molecule has 1 aliphatic rings. The average molecular weight is 344 g/mol. The number of methoxy groups -OCH3 is 3. The Balaban J connectivity index is 2.68. The third-order valence-corrected chi connectivity index (χ3v) is 4.89. The monoisotopic (exact) mass is 343 g/mol. The van der Waals surface area contributed by atoms with E-state index in [1.807, 2.05) is 6.07 Å². The molecule has 0 saturated heterocycles. The highest BCUT2D eigenvalue weighted by Crippen LogP contribution is 2.53. The van der Waals surface area contributed by atoms with Crippen LogP contribution in [0, 0.1) is 0 Å². The van der Waals surface area contributed by atoms with E-state index in [2.05, 4.69) is 15.9 Å². The summed E-state index contributed by atoms with van der Waals surface area (Å²) in [5.74, 6) is 2.02. The summed E-state index contributed by atoms with van der Waals surface area (Å²) in [6, 6.07) is 1.94. The van der Waals surface area contributed by atoms with E-state index in [9.17, 15) is 0 Å². The van der Waals surface area contributed by atoms with E-state index >= 15 is 0 Å². The molecule has 4 nitrogen and oxygen atoms in total. The molecule has 1 aromatic rings. The minimum Gasteiger partial charge on any atom is -0.493 e. The zero-order valence-electron chi connectivity index (χ0n) is 12.3. The third-order valence-electron chi connectivity index (χ3n) is 4.26. The van der Waals surface area contributed by atoms with Crippen LogP contribution in [0.15, 0.2) is 10.5 Å². The van der Waals surface area contributed by atoms with E-state index in [4.69, 9.17) is 19.9 Å². The molecule has 0 radical (unpaired) electrons. The second-order valence-electron chi connectivity index (χ2n) is 5.19. The lowest BCUT2D eigenvalue weighted by atomic mass is 9.78. The molecule has 1 fully saturated rings. The normalized spacial score (nSPS) is 17.1. The molecule has 20 heavy (non-hydrogen) atoms. The predicted octanol–water partition coefficient (Wildman–Crippen LogP) is 3.25. The van der Waals surface area contributed by atoms with Crippen LogP contribution in [-0.4, -0.2) is 27.9 Å². The maximum Gasteiger partial charge on any atom is 0.203 e. The van der Waals surface area contributed by atoms with Crippen LogP contribution in [-0.2, 0) is 5.41 Å². The summed E-state index contributed by atoms with van der Waals surface area (Å²) >= 11 is 3.66. The van der Waals surface area contributed by atoms with Crippen molar-refractivity contribution in [2.75, 3.05) is 27.9 Å². The summed E-state index contributed by atoms with van der Waals surface area (Å²) in [4.78, 5) is 0. The first-order valence-electron chi connectivity index (χ1n) is 6.82. The highest BCUT2D eigenvalue weighted by atomic mass is 79.9. The van der Waals surface area contributed by atoms with Gasteiger partial charge in [-0.3, -0.25) is 0 Å². The van der Waals surface area contributed by atoms with Crippen LogP contribution in [0.2, 0.25) is 0 Å². The Hall–Kier alpha value is -0.940. The molecule has 0 bridgehead atoms. The molecule has 112 valence electrons. The van der Waals surface area contributed by atoms with Gasteiger partial charge >= 0.3 is 0 Å². The fourth-order valence-corrected chi connectivity index (χ4v) is 4.04. The van der Waals surface area contributed by atoms with Crippen molar-refractivity contribution in [3.05, 3.63) is 16.1 Å². The molecule has 1 saturated carbocycles. The van der Waals surface area contributed by atoms with Gasteiger partial charge in [-0.2, -0.15) is 0 Å². The average Bonchev–Trinajstić information content (AvgIpc) is 2.95. The molecule has 0 unspecified atom stereocenters. The van der Waals surface area contributed by atoms with Gasteiger partial charge in [-0.25, -0.2) is 0 Å². The molecule has 0 amide bonds. The van der Waals surface area contributed by atoms with Crippen molar-refractivity contribution in [3.63, 3.8) is 0 Å². The van der Waals surface area contributed by atoms with Crippen LogP contribution in [0.5, 0.6) is 17.2 Å². The first kappa shape index (κ1) is 15.4. The van der Waals surface area contributed by atoms with Crippen LogP contribution < -0.4 is 19.9 Å². The van der Waals surface area contributed by atoms with Gasteiger partial charge in [0, 0.05) is 22.0 Å². The third kappa shape index (κ3) is 2.37. The summed E-state index contributed by atoms with van der Waals surface area (Å²) < 4.78 is 17.5. The maximum absolute atomic E-state index is 6.11. The van der Waals surface area contributed by atoms with Gasteiger partial charge in [0.25, 0.3) is 0 Å². The van der Waals surface area contributed by atoms with Gasteiger partial charge in [0.1, 0.15) is 0 Å². The summed E-state index contributed by atoms with van der Waals surface area (Å²) in [5, 5.41) is 0. The molecule has 2 rings (SSSR count). The van der Waals surface area contributed by atoms with E-state index in [-0.39, 0.29) is 5.41 Å². The topological polar surface area (TPSA) is 53.7 Å². The number of halogens is 1. The van der Waals surface area contributed by atoms with E-state index in [0.717, 1.165) is 28.6 Å². The Bertz CT molecular complexity index is 484. The first-order chi connectivity index (χ1) is 9.63. The van der Waals surface area contributed by atoms with E-state index in [1.165, 1.54) is 12.8 Å². The molecule has 5 heteroatoms. The fraction of sp³-hybridized carbons (Fsp3) is 0.600. The lowest BCUT2D eigenvalue weighted by Crippen LogP contribution is -2.33. The number of hydrogen-bond donors (Lipinski definition) is 1. The van der Waals surface area contributed by atoms with Crippen LogP contribution in [0.4, 0.5) is 0 Å². The number of hydrogen-bond acceptors (Lipinski definition) is 4. The van der Waals surface area contributed by atoms with Gasteiger partial charge in [0.05, 0.1) is 21.3 Å². The summed E-state index contributed by atoms with van der Waals surface area (Å²) in [6.07, 6.45) is 4.55. The van der Waals surface area contributed by atoms with Crippen molar-refractivity contribution in [2.45, 2.75) is 31.1 Å². The fourth-order valence-electron chi connectivity index (χ4n) is 3.23. The van der Waals surface area contributed by atoms with Gasteiger partial charge in [-0.1, -0.05) is 28.8 Å². The smallest absolute Gasteiger partial charge is 0.203 e. The van der Waals surface area contributed by atoms with Crippen LogP contribution in [0.1, 0.15) is 31.2 Å². The number of ether oxygens (including phenoxy) is 3. The number of benzene rings is 1. The molecular formula is C15H22BrNO3. The van der Waals surface area contributed by atoms with Crippen molar-refractivity contribution in [1.82, 2.24) is 0 Å². The molecule has 1 aromatic carbocycles. The van der Waals surface area contributed by atoms with Crippen molar-refractivity contribution in [3.8, 4) is 17.2 Å². The molecule has 1 aliphatic carbocycles. The molecule has 0 aliphatic heterocycles. The van der Waals surface area contributed by atoms with Crippen molar-refractivity contribution in [1.29, 1.82) is 0 Å². The van der Waals surface area contributed by atoms with Gasteiger partial charge in [0.2, 0.25) is 5.75 Å². The minimum absolute atomic E-state index is 0.0380. The standard InChI is InChI=1S/C15H22BrNO3/c1-18-11-8-10(16)12(14(20-3)13(11)19-2)15(9-17)6-4-5-7-15/h8H,4-7,9,17H2,1-3H3. The van der Waals surface area contributed by atoms with Crippen molar-refractivity contribution < 1.29 is 14.2 Å². The second kappa shape index (κ2) is 6.22. The Morgan fingerprint density at radius 3 is 2.15 bits per heavy atom. The highest BCUT2D eigenvalue weighted by Gasteiger charge is 2.40. The van der Waals surface area contributed by atoms with Crippen molar-refractivity contribution >= 4 is 15.9 Å². The molecule has 2 N–H and O–H groups in total. The molecular weight excluding hydrogens is 322 g/mol. The van der Waals surface area contributed by atoms with Crippen LogP contribution >= 0.6 is 15.9 Å². The molecule has 0 heterocycles. The van der Waals surface area contributed by atoms with Gasteiger partial charge < -0.3 is 19.9 Å². The number of rotatable bonds is 5. The second-order valence-corrected chi connectivity index (χ2v) is 6.05. The Morgan fingerprint density at radius 1 is 1.10 bits per heavy atom. The quantitative estimate of drug-likeness (QED) is 0.891. The zero-order valence-corrected chi connectivity index (χ0v) is 13.9. The summed E-state index contributed by atoms with van der Waals surface area (Å²) in [5.41, 5.74) is 7.18. The lowest BCUT2D eigenvalue weighted by molar-refractivity contribution is 0.312. The van der Waals surface area contributed by atoms with Gasteiger partial charge in [-0.15, -0.1) is 0 Å². The molecule has 0 atom stereocenters. The van der Waals surface area contributed by atoms with Crippen LogP contribution in [0.3, 0.4) is 0 Å². The predicted molar refractivity (Wildman–Crippen MR) is 83.0 cm³/mol. The van der Waals surface area contributed by atoms with E-state index in [0.29, 0.717) is 18.0 Å². The van der Waals surface area contributed by atoms with Gasteiger partial charge in [-0.05, 0) is 18.9 Å². The number of nitrogens with two attached hydrogens (primary N) is 1. The van der Waals surface area contributed by atoms with Crippen molar-refractivity contribution in [2.24, 2.45) is 5.73 Å². The largest absolute Gasteiger partial charge is 0.493 e. The van der Waals surface area contributed by atoms with E-state index in [1.54, 1.807) is 21.3 Å². The maximum atomic E-state index is 6.11. The Morgan fingerprint density at radius 2 is 1.70 bits per heavy atom.